The molecule has 0 atom stereocenters. The van der Waals surface area contributed by atoms with Crippen LogP contribution in [0.4, 0.5) is 4.39 Å². The van der Waals surface area contributed by atoms with Crippen molar-refractivity contribution in [1.29, 1.82) is 0 Å². The van der Waals surface area contributed by atoms with E-state index in [1.807, 2.05) is 24.3 Å². The minimum atomic E-state index is -3.59. The maximum Gasteiger partial charge on any atom is 0.243 e. The summed E-state index contributed by atoms with van der Waals surface area (Å²) >= 11 is 6.01. The summed E-state index contributed by atoms with van der Waals surface area (Å²) in [6.07, 6.45) is 0. The third-order valence-electron chi connectivity index (χ3n) is 4.38. The minimum absolute atomic E-state index is 0.178. The van der Waals surface area contributed by atoms with E-state index >= 15 is 0 Å². The Morgan fingerprint density at radius 3 is 2.44 bits per heavy atom. The molecule has 0 saturated carbocycles. The molecule has 1 aliphatic heterocycles. The molecule has 1 heterocycles. The molecule has 0 aromatic heterocycles. The Balaban J connectivity index is 1.67. The van der Waals surface area contributed by atoms with Crippen LogP contribution < -0.4 is 0 Å². The van der Waals surface area contributed by atoms with Gasteiger partial charge in [0.25, 0.3) is 0 Å². The summed E-state index contributed by atoms with van der Waals surface area (Å²) in [6.45, 7) is 4.48. The van der Waals surface area contributed by atoms with E-state index in [1.54, 1.807) is 6.92 Å². The average molecular weight is 383 g/mol. The van der Waals surface area contributed by atoms with Crippen molar-refractivity contribution in [3.05, 3.63) is 64.4 Å². The van der Waals surface area contributed by atoms with Crippen LogP contribution in [0, 0.1) is 12.7 Å². The second-order valence-electron chi connectivity index (χ2n) is 6.22. The molecule has 25 heavy (non-hydrogen) atoms. The van der Waals surface area contributed by atoms with E-state index in [9.17, 15) is 12.8 Å². The van der Waals surface area contributed by atoms with Gasteiger partial charge in [0.2, 0.25) is 10.0 Å². The minimum Gasteiger partial charge on any atom is -0.296 e. The lowest BCUT2D eigenvalue weighted by Gasteiger charge is -2.34. The van der Waals surface area contributed by atoms with E-state index in [2.05, 4.69) is 4.90 Å². The Morgan fingerprint density at radius 1 is 1.08 bits per heavy atom. The van der Waals surface area contributed by atoms with E-state index in [-0.39, 0.29) is 4.90 Å². The van der Waals surface area contributed by atoms with Crippen LogP contribution in [0.1, 0.15) is 11.1 Å². The molecule has 4 nitrogen and oxygen atoms in total. The topological polar surface area (TPSA) is 40.6 Å². The first-order chi connectivity index (χ1) is 11.9. The Labute approximate surface area is 152 Å². The van der Waals surface area contributed by atoms with Gasteiger partial charge < -0.3 is 0 Å². The highest BCUT2D eigenvalue weighted by Crippen LogP contribution is 2.22. The lowest BCUT2D eigenvalue weighted by Crippen LogP contribution is -2.48. The van der Waals surface area contributed by atoms with Crippen molar-refractivity contribution in [2.24, 2.45) is 0 Å². The van der Waals surface area contributed by atoms with Gasteiger partial charge in [0.05, 0.1) is 4.90 Å². The predicted molar refractivity (Wildman–Crippen MR) is 96.6 cm³/mol. The summed E-state index contributed by atoms with van der Waals surface area (Å²) in [7, 11) is -3.59. The summed E-state index contributed by atoms with van der Waals surface area (Å²) in [5.41, 5.74) is 1.54. The first kappa shape index (κ1) is 18.3. The van der Waals surface area contributed by atoms with Crippen LogP contribution in [0.25, 0.3) is 0 Å². The Morgan fingerprint density at radius 2 is 1.80 bits per heavy atom. The zero-order valence-electron chi connectivity index (χ0n) is 14.0. The number of sulfonamides is 1. The van der Waals surface area contributed by atoms with Crippen molar-refractivity contribution in [3.63, 3.8) is 0 Å². The zero-order chi connectivity index (χ0) is 18.0. The van der Waals surface area contributed by atoms with Crippen molar-refractivity contribution in [2.75, 3.05) is 26.2 Å². The molecule has 134 valence electrons. The number of benzene rings is 2. The number of hydrogen-bond donors (Lipinski definition) is 0. The van der Waals surface area contributed by atoms with E-state index < -0.39 is 15.8 Å². The molecule has 2 aromatic carbocycles. The summed E-state index contributed by atoms with van der Waals surface area (Å²) in [4.78, 5) is 2.38. The Hall–Kier alpha value is -1.47. The molecule has 7 heteroatoms. The SMILES string of the molecule is Cc1cc(F)ccc1S(=O)(=O)N1CCN(Cc2cccc(Cl)c2)CC1. The zero-order valence-corrected chi connectivity index (χ0v) is 15.5. The van der Waals surface area contributed by atoms with Crippen molar-refractivity contribution in [1.82, 2.24) is 9.21 Å². The summed E-state index contributed by atoms with van der Waals surface area (Å²) < 4.78 is 40.3. The maximum atomic E-state index is 13.2. The molecule has 0 spiro atoms. The number of nitrogens with zero attached hydrogens (tertiary/aromatic N) is 2. The largest absolute Gasteiger partial charge is 0.296 e. The van der Waals surface area contributed by atoms with E-state index in [4.69, 9.17) is 11.6 Å². The van der Waals surface area contributed by atoms with Gasteiger partial charge >= 0.3 is 0 Å². The smallest absolute Gasteiger partial charge is 0.243 e. The van der Waals surface area contributed by atoms with Gasteiger partial charge in [0.1, 0.15) is 5.82 Å². The van der Waals surface area contributed by atoms with E-state index in [0.29, 0.717) is 36.8 Å². The van der Waals surface area contributed by atoms with Gasteiger partial charge in [-0.2, -0.15) is 4.31 Å². The molecule has 0 bridgehead atoms. The summed E-state index contributed by atoms with van der Waals surface area (Å²) in [5.74, 6) is -0.428. The second-order valence-corrected chi connectivity index (χ2v) is 8.56. The summed E-state index contributed by atoms with van der Waals surface area (Å²) in [6, 6.07) is 11.5. The number of hydrogen-bond acceptors (Lipinski definition) is 3. The van der Waals surface area contributed by atoms with Gasteiger partial charge in [-0.3, -0.25) is 4.90 Å². The van der Waals surface area contributed by atoms with Crippen LogP contribution in [-0.2, 0) is 16.6 Å². The molecule has 0 unspecified atom stereocenters. The fraction of sp³-hybridized carbons (Fsp3) is 0.333. The molecule has 0 N–H and O–H groups in total. The Kier molecular flexibility index (Phi) is 5.43. The van der Waals surface area contributed by atoms with Gasteiger partial charge in [-0.1, -0.05) is 23.7 Å². The second kappa shape index (κ2) is 7.41. The van der Waals surface area contributed by atoms with Crippen LogP contribution in [0.3, 0.4) is 0 Å². The molecule has 0 aliphatic carbocycles. The van der Waals surface area contributed by atoms with Gasteiger partial charge in [0.15, 0.2) is 0 Å². The number of piperazine rings is 1. The fourth-order valence-electron chi connectivity index (χ4n) is 3.06. The van der Waals surface area contributed by atoms with Crippen molar-refractivity contribution < 1.29 is 12.8 Å². The lowest BCUT2D eigenvalue weighted by molar-refractivity contribution is 0.181. The Bertz CT molecular complexity index is 865. The average Bonchev–Trinajstić information content (AvgIpc) is 2.55. The third-order valence-corrected chi connectivity index (χ3v) is 6.68. The quantitative estimate of drug-likeness (QED) is 0.814. The van der Waals surface area contributed by atoms with Gasteiger partial charge in [-0.05, 0) is 48.4 Å². The normalized spacial score (nSPS) is 16.9. The van der Waals surface area contributed by atoms with Crippen LogP contribution in [-0.4, -0.2) is 43.8 Å². The molecule has 0 radical (unpaired) electrons. The molecule has 1 saturated heterocycles. The van der Waals surface area contributed by atoms with Gasteiger partial charge in [-0.25, -0.2) is 12.8 Å². The summed E-state index contributed by atoms with van der Waals surface area (Å²) in [5, 5.41) is 0.700. The molecular weight excluding hydrogens is 363 g/mol. The lowest BCUT2D eigenvalue weighted by atomic mass is 10.2. The van der Waals surface area contributed by atoms with Crippen LogP contribution in [0.2, 0.25) is 5.02 Å². The van der Waals surface area contributed by atoms with Crippen molar-refractivity contribution >= 4 is 21.6 Å². The van der Waals surface area contributed by atoms with Crippen LogP contribution >= 0.6 is 11.6 Å². The number of aryl methyl sites for hydroxylation is 1. The van der Waals surface area contributed by atoms with Gasteiger partial charge in [-0.15, -0.1) is 0 Å². The van der Waals surface area contributed by atoms with E-state index in [0.717, 1.165) is 12.1 Å². The molecule has 2 aromatic rings. The highest BCUT2D eigenvalue weighted by molar-refractivity contribution is 7.89. The molecule has 1 aliphatic rings. The highest BCUT2D eigenvalue weighted by atomic mass is 35.5. The third kappa shape index (κ3) is 4.20. The van der Waals surface area contributed by atoms with Crippen LogP contribution in [0.5, 0.6) is 0 Å². The molecule has 0 amide bonds. The first-order valence-corrected chi connectivity index (χ1v) is 9.91. The maximum absolute atomic E-state index is 13.2. The monoisotopic (exact) mass is 382 g/mol. The predicted octanol–water partition coefficient (Wildman–Crippen LogP) is 3.29. The van der Waals surface area contributed by atoms with Gasteiger partial charge in [0, 0.05) is 37.7 Å². The van der Waals surface area contributed by atoms with Crippen molar-refractivity contribution in [2.45, 2.75) is 18.4 Å². The van der Waals surface area contributed by atoms with Crippen LogP contribution in [0.15, 0.2) is 47.4 Å². The molecule has 1 fully saturated rings. The standard InChI is InChI=1S/C18H20ClFN2O2S/c1-14-11-17(20)5-6-18(14)25(23,24)22-9-7-21(8-10-22)13-15-3-2-4-16(19)12-15/h2-6,11-12H,7-10,13H2,1H3. The first-order valence-electron chi connectivity index (χ1n) is 8.09. The molecular formula is C18H20ClFN2O2S. The van der Waals surface area contributed by atoms with E-state index in [1.165, 1.54) is 22.5 Å². The number of halogens is 2. The highest BCUT2D eigenvalue weighted by Gasteiger charge is 2.29. The molecule has 3 rings (SSSR count). The number of rotatable bonds is 4. The van der Waals surface area contributed by atoms with Crippen molar-refractivity contribution in [3.8, 4) is 0 Å². The fourth-order valence-corrected chi connectivity index (χ4v) is 4.90.